The van der Waals surface area contributed by atoms with Gasteiger partial charge in [-0.15, -0.1) is 0 Å². The predicted octanol–water partition coefficient (Wildman–Crippen LogP) is 2.21. The molecule has 1 aromatic carbocycles. The van der Waals surface area contributed by atoms with Crippen molar-refractivity contribution < 1.29 is 14.3 Å². The number of carbonyl (C=O) groups excluding carboxylic acids is 1. The molecule has 0 atom stereocenters. The van der Waals surface area contributed by atoms with Gasteiger partial charge in [-0.2, -0.15) is 0 Å². The highest BCUT2D eigenvalue weighted by molar-refractivity contribution is 5.95. The van der Waals surface area contributed by atoms with Crippen LogP contribution in [0.25, 0.3) is 0 Å². The Kier molecular flexibility index (Phi) is 5.07. The molecule has 0 saturated carbocycles. The van der Waals surface area contributed by atoms with Crippen LogP contribution >= 0.6 is 0 Å². The standard InChI is InChI=1S/C16H24N2O3/c1-3-21-14-5-4-12(10-13(14)17)15(19)18-11-16(2)6-8-20-9-7-16/h4-5,10H,3,6-9,11,17H2,1-2H3,(H,18,19). The normalized spacial score (nSPS) is 17.2. The zero-order valence-corrected chi connectivity index (χ0v) is 12.8. The quantitative estimate of drug-likeness (QED) is 0.816. The van der Waals surface area contributed by atoms with Crippen LogP contribution in [0.2, 0.25) is 0 Å². The van der Waals surface area contributed by atoms with E-state index in [4.69, 9.17) is 15.2 Å². The first kappa shape index (κ1) is 15.6. The van der Waals surface area contributed by atoms with Crippen LogP contribution in [0, 0.1) is 5.41 Å². The van der Waals surface area contributed by atoms with Crippen molar-refractivity contribution in [2.45, 2.75) is 26.7 Å². The largest absolute Gasteiger partial charge is 0.492 e. The van der Waals surface area contributed by atoms with Crippen molar-refractivity contribution in [3.05, 3.63) is 23.8 Å². The molecule has 1 saturated heterocycles. The van der Waals surface area contributed by atoms with Gasteiger partial charge in [-0.25, -0.2) is 0 Å². The van der Waals surface area contributed by atoms with E-state index in [0.717, 1.165) is 26.1 Å². The van der Waals surface area contributed by atoms with Crippen LogP contribution < -0.4 is 15.8 Å². The van der Waals surface area contributed by atoms with E-state index >= 15 is 0 Å². The lowest BCUT2D eigenvalue weighted by Crippen LogP contribution is -2.39. The molecule has 2 rings (SSSR count). The lowest BCUT2D eigenvalue weighted by molar-refractivity contribution is 0.0238. The maximum absolute atomic E-state index is 12.2. The molecule has 1 aliphatic heterocycles. The van der Waals surface area contributed by atoms with E-state index in [-0.39, 0.29) is 11.3 Å². The van der Waals surface area contributed by atoms with E-state index in [0.29, 0.717) is 30.2 Å². The van der Waals surface area contributed by atoms with Gasteiger partial charge in [-0.3, -0.25) is 4.79 Å². The van der Waals surface area contributed by atoms with Gasteiger partial charge in [0, 0.05) is 25.3 Å². The van der Waals surface area contributed by atoms with Crippen molar-refractivity contribution in [2.75, 3.05) is 32.1 Å². The third-order valence-electron chi connectivity index (χ3n) is 3.95. The maximum Gasteiger partial charge on any atom is 0.251 e. The van der Waals surface area contributed by atoms with Gasteiger partial charge in [0.2, 0.25) is 0 Å². The molecule has 1 aliphatic rings. The summed E-state index contributed by atoms with van der Waals surface area (Å²) in [4.78, 5) is 12.2. The molecule has 0 bridgehead atoms. The van der Waals surface area contributed by atoms with Crippen molar-refractivity contribution in [3.63, 3.8) is 0 Å². The van der Waals surface area contributed by atoms with Crippen molar-refractivity contribution >= 4 is 11.6 Å². The average Bonchev–Trinajstić information content (AvgIpc) is 2.48. The van der Waals surface area contributed by atoms with Crippen molar-refractivity contribution in [2.24, 2.45) is 5.41 Å². The lowest BCUT2D eigenvalue weighted by Gasteiger charge is -2.33. The predicted molar refractivity (Wildman–Crippen MR) is 82.5 cm³/mol. The first-order valence-electron chi connectivity index (χ1n) is 7.42. The Bertz CT molecular complexity index is 496. The molecule has 0 aromatic heterocycles. The molecule has 0 spiro atoms. The average molecular weight is 292 g/mol. The molecule has 0 unspecified atom stereocenters. The minimum Gasteiger partial charge on any atom is -0.492 e. The van der Waals surface area contributed by atoms with Gasteiger partial charge in [0.15, 0.2) is 0 Å². The number of rotatable bonds is 5. The van der Waals surface area contributed by atoms with Crippen LogP contribution in [0.4, 0.5) is 5.69 Å². The zero-order chi connectivity index (χ0) is 15.3. The van der Waals surface area contributed by atoms with Crippen molar-refractivity contribution in [3.8, 4) is 5.75 Å². The Labute approximate surface area is 125 Å². The second-order valence-electron chi connectivity index (χ2n) is 5.79. The van der Waals surface area contributed by atoms with E-state index in [1.807, 2.05) is 6.92 Å². The third kappa shape index (κ3) is 4.11. The molecular formula is C16H24N2O3. The Morgan fingerprint density at radius 3 is 2.76 bits per heavy atom. The lowest BCUT2D eigenvalue weighted by atomic mass is 9.82. The summed E-state index contributed by atoms with van der Waals surface area (Å²) < 4.78 is 10.7. The van der Waals surface area contributed by atoms with E-state index in [2.05, 4.69) is 12.2 Å². The van der Waals surface area contributed by atoms with Crippen molar-refractivity contribution in [1.29, 1.82) is 0 Å². The molecule has 1 fully saturated rings. The summed E-state index contributed by atoms with van der Waals surface area (Å²) >= 11 is 0. The highest BCUT2D eigenvalue weighted by Gasteiger charge is 2.27. The smallest absolute Gasteiger partial charge is 0.251 e. The van der Waals surface area contributed by atoms with Gasteiger partial charge < -0.3 is 20.5 Å². The summed E-state index contributed by atoms with van der Waals surface area (Å²) in [6, 6.07) is 5.14. The van der Waals surface area contributed by atoms with E-state index in [9.17, 15) is 4.79 Å². The Morgan fingerprint density at radius 2 is 2.14 bits per heavy atom. The van der Waals surface area contributed by atoms with Crippen LogP contribution in [0.15, 0.2) is 18.2 Å². The number of hydrogen-bond acceptors (Lipinski definition) is 4. The molecule has 21 heavy (non-hydrogen) atoms. The molecular weight excluding hydrogens is 268 g/mol. The summed E-state index contributed by atoms with van der Waals surface area (Å²) in [7, 11) is 0. The third-order valence-corrected chi connectivity index (χ3v) is 3.95. The highest BCUT2D eigenvalue weighted by Crippen LogP contribution is 2.29. The molecule has 1 aromatic rings. The minimum atomic E-state index is -0.0996. The Morgan fingerprint density at radius 1 is 1.43 bits per heavy atom. The van der Waals surface area contributed by atoms with Gasteiger partial charge >= 0.3 is 0 Å². The van der Waals surface area contributed by atoms with Crippen LogP contribution in [-0.2, 0) is 4.74 Å². The second-order valence-corrected chi connectivity index (χ2v) is 5.79. The number of carbonyl (C=O) groups is 1. The van der Waals surface area contributed by atoms with E-state index in [1.165, 1.54) is 0 Å². The molecule has 3 N–H and O–H groups in total. The highest BCUT2D eigenvalue weighted by atomic mass is 16.5. The minimum absolute atomic E-state index is 0.0996. The fourth-order valence-corrected chi connectivity index (χ4v) is 2.41. The molecule has 1 heterocycles. The molecule has 0 aliphatic carbocycles. The summed E-state index contributed by atoms with van der Waals surface area (Å²) in [5.41, 5.74) is 7.05. The fourth-order valence-electron chi connectivity index (χ4n) is 2.41. The summed E-state index contributed by atoms with van der Waals surface area (Å²) in [5.74, 6) is 0.517. The van der Waals surface area contributed by atoms with E-state index < -0.39 is 0 Å². The second kappa shape index (κ2) is 6.80. The number of nitrogens with one attached hydrogen (secondary N) is 1. The molecule has 0 radical (unpaired) electrons. The van der Waals surface area contributed by atoms with Crippen LogP contribution in [-0.4, -0.2) is 32.3 Å². The van der Waals surface area contributed by atoms with Crippen LogP contribution in [0.5, 0.6) is 5.75 Å². The SMILES string of the molecule is CCOc1ccc(C(=O)NCC2(C)CCOCC2)cc1N. The van der Waals surface area contributed by atoms with Crippen LogP contribution in [0.1, 0.15) is 37.0 Å². The number of ether oxygens (including phenoxy) is 2. The number of nitrogens with two attached hydrogens (primary N) is 1. The topological polar surface area (TPSA) is 73.6 Å². The molecule has 5 heteroatoms. The summed E-state index contributed by atoms with van der Waals surface area (Å²) in [5, 5.41) is 3.00. The van der Waals surface area contributed by atoms with Gasteiger partial charge in [-0.1, -0.05) is 6.92 Å². The van der Waals surface area contributed by atoms with Crippen molar-refractivity contribution in [1.82, 2.24) is 5.32 Å². The Balaban J connectivity index is 1.95. The first-order chi connectivity index (χ1) is 10.0. The fraction of sp³-hybridized carbons (Fsp3) is 0.562. The number of nitrogen functional groups attached to an aromatic ring is 1. The van der Waals surface area contributed by atoms with Crippen LogP contribution in [0.3, 0.4) is 0 Å². The molecule has 1 amide bonds. The zero-order valence-electron chi connectivity index (χ0n) is 12.8. The van der Waals surface area contributed by atoms with Gasteiger partial charge in [0.25, 0.3) is 5.91 Å². The number of amides is 1. The first-order valence-corrected chi connectivity index (χ1v) is 7.42. The van der Waals surface area contributed by atoms with Gasteiger partial charge in [0.1, 0.15) is 5.75 Å². The molecule has 5 nitrogen and oxygen atoms in total. The monoisotopic (exact) mass is 292 g/mol. The summed E-state index contributed by atoms with van der Waals surface area (Å²) in [6.45, 7) is 6.82. The van der Waals surface area contributed by atoms with Gasteiger partial charge in [-0.05, 0) is 43.4 Å². The number of benzene rings is 1. The molecule has 116 valence electrons. The maximum atomic E-state index is 12.2. The Hall–Kier alpha value is -1.75. The number of anilines is 1. The van der Waals surface area contributed by atoms with Gasteiger partial charge in [0.05, 0.1) is 12.3 Å². The summed E-state index contributed by atoms with van der Waals surface area (Å²) in [6.07, 6.45) is 1.94. The number of hydrogen-bond donors (Lipinski definition) is 2. The van der Waals surface area contributed by atoms with E-state index in [1.54, 1.807) is 18.2 Å².